The van der Waals surface area contributed by atoms with Gasteiger partial charge < -0.3 is 24.4 Å². The fourth-order valence-electron chi connectivity index (χ4n) is 5.13. The van der Waals surface area contributed by atoms with E-state index in [1.54, 1.807) is 26.2 Å². The van der Waals surface area contributed by atoms with E-state index in [0.717, 1.165) is 27.5 Å². The smallest absolute Gasteiger partial charge is 0.243 e. The summed E-state index contributed by atoms with van der Waals surface area (Å²) in [6, 6.07) is 15.7. The first-order valence-electron chi connectivity index (χ1n) is 12.5. The summed E-state index contributed by atoms with van der Waals surface area (Å²) in [5.41, 5.74) is 2.64. The molecule has 1 atom stereocenters. The molecule has 1 aliphatic rings. The van der Waals surface area contributed by atoms with E-state index in [9.17, 15) is 9.59 Å². The van der Waals surface area contributed by atoms with Gasteiger partial charge in [-0.25, -0.2) is 0 Å². The molecule has 4 rings (SSSR count). The Balaban J connectivity index is 1.55. The second kappa shape index (κ2) is 10.3. The van der Waals surface area contributed by atoms with Gasteiger partial charge in [0.15, 0.2) is 11.5 Å². The van der Waals surface area contributed by atoms with Crippen LogP contribution < -0.4 is 19.5 Å². The van der Waals surface area contributed by atoms with E-state index in [2.05, 4.69) is 11.4 Å². The maximum atomic E-state index is 13.1. The monoisotopic (exact) mass is 504 g/mol. The Morgan fingerprint density at radius 2 is 1.54 bits per heavy atom. The van der Waals surface area contributed by atoms with Crippen LogP contribution in [-0.2, 0) is 16.0 Å². The normalized spacial score (nSPS) is 16.3. The van der Waals surface area contributed by atoms with Crippen molar-refractivity contribution in [3.63, 3.8) is 0 Å². The summed E-state index contributed by atoms with van der Waals surface area (Å²) in [4.78, 5) is 27.6. The Bertz CT molecular complexity index is 1310. The van der Waals surface area contributed by atoms with Crippen molar-refractivity contribution < 1.29 is 23.8 Å². The fourth-order valence-corrected chi connectivity index (χ4v) is 5.13. The van der Waals surface area contributed by atoms with Crippen LogP contribution in [0.25, 0.3) is 21.9 Å². The third kappa shape index (κ3) is 5.22. The lowest BCUT2D eigenvalue weighted by molar-refractivity contribution is -0.161. The number of carbonyl (C=O) groups is 2. The summed E-state index contributed by atoms with van der Waals surface area (Å²) in [6.45, 7) is 8.50. The minimum Gasteiger partial charge on any atom is -0.493 e. The van der Waals surface area contributed by atoms with Gasteiger partial charge in [-0.1, -0.05) is 44.2 Å². The predicted molar refractivity (Wildman–Crippen MR) is 145 cm³/mol. The Morgan fingerprint density at radius 3 is 2.11 bits per heavy atom. The Hall–Kier alpha value is -3.74. The van der Waals surface area contributed by atoms with Crippen LogP contribution >= 0.6 is 0 Å². The average molecular weight is 505 g/mol. The van der Waals surface area contributed by atoms with Gasteiger partial charge in [0.25, 0.3) is 0 Å². The number of nitrogens with zero attached hydrogens (tertiary/aromatic N) is 1. The molecule has 196 valence electrons. The van der Waals surface area contributed by atoms with Crippen molar-refractivity contribution in [1.29, 1.82) is 0 Å². The number of rotatable bonds is 8. The van der Waals surface area contributed by atoms with Crippen LogP contribution in [0.3, 0.4) is 0 Å². The number of nitrogens with one attached hydrogen (secondary N) is 1. The molecule has 0 bridgehead atoms. The van der Waals surface area contributed by atoms with Crippen molar-refractivity contribution in [3.8, 4) is 28.4 Å². The lowest BCUT2D eigenvalue weighted by Gasteiger charge is -2.53. The van der Waals surface area contributed by atoms with E-state index >= 15 is 0 Å². The molecule has 1 N–H and O–H groups in total. The van der Waals surface area contributed by atoms with Gasteiger partial charge >= 0.3 is 0 Å². The first-order chi connectivity index (χ1) is 17.6. The summed E-state index contributed by atoms with van der Waals surface area (Å²) in [5, 5.41) is 5.06. The summed E-state index contributed by atoms with van der Waals surface area (Å²) < 4.78 is 16.4. The third-order valence-electron chi connectivity index (χ3n) is 6.89. The van der Waals surface area contributed by atoms with Gasteiger partial charge in [0.05, 0.1) is 27.8 Å². The zero-order valence-corrected chi connectivity index (χ0v) is 22.7. The number of fused-ring (bicyclic) bond motifs is 1. The van der Waals surface area contributed by atoms with E-state index < -0.39 is 6.04 Å². The minimum absolute atomic E-state index is 0.0309. The third-order valence-corrected chi connectivity index (χ3v) is 6.89. The van der Waals surface area contributed by atoms with Crippen LogP contribution in [0.4, 0.5) is 0 Å². The predicted octanol–water partition coefficient (Wildman–Crippen LogP) is 4.84. The topological polar surface area (TPSA) is 77.1 Å². The molecule has 1 heterocycles. The first-order valence-corrected chi connectivity index (χ1v) is 12.5. The summed E-state index contributed by atoms with van der Waals surface area (Å²) in [7, 11) is 4.79. The standard InChI is InChI=1S/C30H36N2O5/c1-18(2)31-29(34)28-30(3,4)17-32(28)26(33)13-19-8-9-21-14-22(11-10-20(21)12-19)23-15-24(35-5)27(37-7)25(16-23)36-6/h8-12,14-16,18,28H,13,17H2,1-7H3,(H,31,34). The number of hydrogen-bond donors (Lipinski definition) is 1. The van der Waals surface area contributed by atoms with Crippen LogP contribution in [0.2, 0.25) is 0 Å². The number of amides is 2. The van der Waals surface area contributed by atoms with Gasteiger partial charge in [0, 0.05) is 18.0 Å². The van der Waals surface area contributed by atoms with Gasteiger partial charge in [-0.3, -0.25) is 9.59 Å². The van der Waals surface area contributed by atoms with E-state index in [1.165, 1.54) is 0 Å². The molecular formula is C30H36N2O5. The average Bonchev–Trinajstić information content (AvgIpc) is 2.85. The van der Waals surface area contributed by atoms with Crippen molar-refractivity contribution in [2.45, 2.75) is 46.2 Å². The quantitative estimate of drug-likeness (QED) is 0.475. The molecule has 0 saturated carbocycles. The molecule has 7 nitrogen and oxygen atoms in total. The molecule has 1 saturated heterocycles. The molecule has 0 spiro atoms. The molecule has 7 heteroatoms. The second-order valence-corrected chi connectivity index (χ2v) is 10.6. The Morgan fingerprint density at radius 1 is 0.919 bits per heavy atom. The van der Waals surface area contributed by atoms with Crippen LogP contribution in [0.1, 0.15) is 33.3 Å². The van der Waals surface area contributed by atoms with Gasteiger partial charge in [0.2, 0.25) is 17.6 Å². The van der Waals surface area contributed by atoms with Crippen LogP contribution in [0.5, 0.6) is 17.2 Å². The zero-order chi connectivity index (χ0) is 26.9. The number of methoxy groups -OCH3 is 3. The van der Waals surface area contributed by atoms with Crippen LogP contribution in [0.15, 0.2) is 48.5 Å². The summed E-state index contributed by atoms with van der Waals surface area (Å²) >= 11 is 0. The van der Waals surface area contributed by atoms with E-state index in [-0.39, 0.29) is 29.7 Å². The van der Waals surface area contributed by atoms with Crippen molar-refractivity contribution in [2.75, 3.05) is 27.9 Å². The summed E-state index contributed by atoms with van der Waals surface area (Å²) in [5.74, 6) is 1.63. The maximum Gasteiger partial charge on any atom is 0.243 e. The summed E-state index contributed by atoms with van der Waals surface area (Å²) in [6.07, 6.45) is 0.256. The minimum atomic E-state index is -0.441. The molecule has 1 aliphatic heterocycles. The highest BCUT2D eigenvalue weighted by molar-refractivity contribution is 5.93. The lowest BCUT2D eigenvalue weighted by Crippen LogP contribution is -2.69. The van der Waals surface area contributed by atoms with Crippen molar-refractivity contribution in [1.82, 2.24) is 10.2 Å². The van der Waals surface area contributed by atoms with Crippen molar-refractivity contribution >= 4 is 22.6 Å². The first kappa shape index (κ1) is 26.3. The van der Waals surface area contributed by atoms with Gasteiger partial charge in [-0.15, -0.1) is 0 Å². The molecule has 0 aromatic heterocycles. The largest absolute Gasteiger partial charge is 0.493 e. The number of hydrogen-bond acceptors (Lipinski definition) is 5. The molecule has 0 radical (unpaired) electrons. The van der Waals surface area contributed by atoms with Gasteiger partial charge in [-0.05, 0) is 59.5 Å². The maximum absolute atomic E-state index is 13.1. The molecule has 0 aliphatic carbocycles. The van der Waals surface area contributed by atoms with E-state index in [4.69, 9.17) is 14.2 Å². The SMILES string of the molecule is COc1cc(-c2ccc3cc(CC(=O)N4CC(C)(C)C4C(=O)NC(C)C)ccc3c2)cc(OC)c1OC. The lowest BCUT2D eigenvalue weighted by atomic mass is 9.74. The molecule has 37 heavy (non-hydrogen) atoms. The molecule has 1 fully saturated rings. The Labute approximate surface area is 218 Å². The van der Waals surface area contributed by atoms with Crippen LogP contribution in [0, 0.1) is 5.41 Å². The highest BCUT2D eigenvalue weighted by Gasteiger charge is 2.52. The van der Waals surface area contributed by atoms with Gasteiger partial charge in [0.1, 0.15) is 6.04 Å². The number of benzene rings is 3. The van der Waals surface area contributed by atoms with Crippen LogP contribution in [-0.4, -0.2) is 56.7 Å². The van der Waals surface area contributed by atoms with Crippen molar-refractivity contribution in [2.24, 2.45) is 5.41 Å². The fraction of sp³-hybridized carbons (Fsp3) is 0.400. The highest BCUT2D eigenvalue weighted by atomic mass is 16.5. The molecule has 3 aromatic carbocycles. The molecule has 3 aromatic rings. The zero-order valence-electron chi connectivity index (χ0n) is 22.7. The van der Waals surface area contributed by atoms with Crippen molar-refractivity contribution in [3.05, 3.63) is 54.1 Å². The van der Waals surface area contributed by atoms with E-state index in [1.807, 2.05) is 70.2 Å². The second-order valence-electron chi connectivity index (χ2n) is 10.6. The Kier molecular flexibility index (Phi) is 7.35. The van der Waals surface area contributed by atoms with Gasteiger partial charge in [-0.2, -0.15) is 0 Å². The highest BCUT2D eigenvalue weighted by Crippen LogP contribution is 2.42. The molecular weight excluding hydrogens is 468 g/mol. The molecule has 2 amide bonds. The van der Waals surface area contributed by atoms with E-state index in [0.29, 0.717) is 23.8 Å². The number of carbonyl (C=O) groups excluding carboxylic acids is 2. The number of likely N-dealkylation sites (tertiary alicyclic amines) is 1. The number of ether oxygens (including phenoxy) is 3. The molecule has 1 unspecified atom stereocenters.